The van der Waals surface area contributed by atoms with Crippen LogP contribution in [-0.4, -0.2) is 53.4 Å². The molecule has 2 unspecified atom stereocenters. The number of nitrogens with zero attached hydrogens (tertiary/aromatic N) is 1. The van der Waals surface area contributed by atoms with Crippen LogP contribution in [0.4, 0.5) is 5.69 Å². The number of ether oxygens (including phenoxy) is 1. The summed E-state index contributed by atoms with van der Waals surface area (Å²) in [6, 6.07) is 3.98. The molecule has 3 rings (SSSR count). The van der Waals surface area contributed by atoms with Gasteiger partial charge in [-0.1, -0.05) is 6.58 Å². The first-order valence-corrected chi connectivity index (χ1v) is 8.69. The Labute approximate surface area is 151 Å². The number of phenolic OH excluding ortho intramolecular Hbond substituents is 1. The van der Waals surface area contributed by atoms with E-state index in [0.29, 0.717) is 31.9 Å². The first kappa shape index (κ1) is 18.1. The number of nitrogens with one attached hydrogen (secondary N) is 1. The monoisotopic (exact) mass is 358 g/mol. The van der Waals surface area contributed by atoms with Crippen LogP contribution in [0.15, 0.2) is 30.9 Å². The van der Waals surface area contributed by atoms with Gasteiger partial charge in [0.05, 0.1) is 24.8 Å². The highest BCUT2D eigenvalue weighted by Crippen LogP contribution is 2.31. The second-order valence-electron chi connectivity index (χ2n) is 6.53. The molecule has 138 valence electrons. The summed E-state index contributed by atoms with van der Waals surface area (Å²) in [6.07, 6.45) is 3.24. The first-order chi connectivity index (χ1) is 12.5. The number of anilines is 1. The molecule has 1 saturated heterocycles. The molecule has 7 nitrogen and oxygen atoms in total. The van der Waals surface area contributed by atoms with Gasteiger partial charge in [0.2, 0.25) is 5.91 Å². The number of hydrogen-bond donors (Lipinski definition) is 2. The Bertz CT molecular complexity index is 745. The first-order valence-electron chi connectivity index (χ1n) is 8.69. The molecule has 0 aromatic heterocycles. The summed E-state index contributed by atoms with van der Waals surface area (Å²) in [5, 5.41) is 12.7. The summed E-state index contributed by atoms with van der Waals surface area (Å²) < 4.78 is 5.50. The number of Topliss-reactive ketones (excluding diaryl/α,β-unsaturated/α-hetero) is 1. The van der Waals surface area contributed by atoms with E-state index in [4.69, 9.17) is 4.74 Å². The second-order valence-corrected chi connectivity index (χ2v) is 6.53. The maximum atomic E-state index is 13.1. The molecular weight excluding hydrogens is 336 g/mol. The van der Waals surface area contributed by atoms with E-state index in [1.165, 1.54) is 18.2 Å². The molecule has 1 aromatic rings. The summed E-state index contributed by atoms with van der Waals surface area (Å²) in [7, 11) is 0. The average molecular weight is 358 g/mol. The van der Waals surface area contributed by atoms with Gasteiger partial charge in [-0.3, -0.25) is 14.4 Å². The van der Waals surface area contributed by atoms with Crippen molar-refractivity contribution in [3.8, 4) is 5.75 Å². The smallest absolute Gasteiger partial charge is 0.258 e. The van der Waals surface area contributed by atoms with Crippen LogP contribution < -0.4 is 5.32 Å². The molecule has 26 heavy (non-hydrogen) atoms. The van der Waals surface area contributed by atoms with Gasteiger partial charge < -0.3 is 20.1 Å². The topological polar surface area (TPSA) is 95.9 Å². The minimum absolute atomic E-state index is 0.0872. The summed E-state index contributed by atoms with van der Waals surface area (Å²) in [6.45, 7) is 4.44. The van der Waals surface area contributed by atoms with Crippen molar-refractivity contribution in [1.82, 2.24) is 4.90 Å². The Kier molecular flexibility index (Phi) is 5.37. The van der Waals surface area contributed by atoms with Gasteiger partial charge >= 0.3 is 0 Å². The Balaban J connectivity index is 1.86. The lowest BCUT2D eigenvalue weighted by atomic mass is 9.94. The third-order valence-electron chi connectivity index (χ3n) is 4.92. The quantitative estimate of drug-likeness (QED) is 0.631. The third kappa shape index (κ3) is 3.62. The predicted octanol–water partition coefficient (Wildman–Crippen LogP) is 1.73. The molecular formula is C19H22N2O5. The minimum Gasteiger partial charge on any atom is -0.507 e. The van der Waals surface area contributed by atoms with Gasteiger partial charge in [-0.2, -0.15) is 0 Å². The lowest BCUT2D eigenvalue weighted by Gasteiger charge is -2.38. The van der Waals surface area contributed by atoms with E-state index in [-0.39, 0.29) is 35.0 Å². The number of phenols is 1. The van der Waals surface area contributed by atoms with Crippen LogP contribution in [0.5, 0.6) is 5.75 Å². The van der Waals surface area contributed by atoms with Gasteiger partial charge in [0.1, 0.15) is 11.5 Å². The number of aromatic hydroxyl groups is 1. The number of benzene rings is 1. The molecule has 1 heterocycles. The summed E-state index contributed by atoms with van der Waals surface area (Å²) in [5.41, 5.74) is 0.474. The molecule has 7 heteroatoms. The van der Waals surface area contributed by atoms with E-state index < -0.39 is 5.91 Å². The van der Waals surface area contributed by atoms with E-state index in [1.54, 1.807) is 4.90 Å². The van der Waals surface area contributed by atoms with Gasteiger partial charge in [-0.25, -0.2) is 0 Å². The molecule has 1 aliphatic heterocycles. The molecule has 0 radical (unpaired) electrons. The van der Waals surface area contributed by atoms with E-state index >= 15 is 0 Å². The summed E-state index contributed by atoms with van der Waals surface area (Å²) in [4.78, 5) is 38.3. The molecule has 2 amide bonds. The second kappa shape index (κ2) is 7.70. The van der Waals surface area contributed by atoms with E-state index in [0.717, 1.165) is 18.9 Å². The van der Waals surface area contributed by atoms with Gasteiger partial charge in [-0.15, -0.1) is 0 Å². The van der Waals surface area contributed by atoms with Crippen molar-refractivity contribution >= 4 is 23.3 Å². The number of hydrogen-bond acceptors (Lipinski definition) is 5. The Morgan fingerprint density at radius 3 is 2.88 bits per heavy atom. The Morgan fingerprint density at radius 2 is 2.19 bits per heavy atom. The molecule has 0 bridgehead atoms. The van der Waals surface area contributed by atoms with Crippen molar-refractivity contribution in [1.29, 1.82) is 0 Å². The lowest BCUT2D eigenvalue weighted by Crippen LogP contribution is -2.53. The van der Waals surface area contributed by atoms with Crippen LogP contribution in [-0.2, 0) is 14.3 Å². The summed E-state index contributed by atoms with van der Waals surface area (Å²) in [5.74, 6) is -1.01. The van der Waals surface area contributed by atoms with Crippen LogP contribution in [0.1, 0.15) is 29.6 Å². The van der Waals surface area contributed by atoms with Crippen molar-refractivity contribution in [2.75, 3.05) is 25.1 Å². The maximum absolute atomic E-state index is 13.1. The predicted molar refractivity (Wildman–Crippen MR) is 94.9 cm³/mol. The fourth-order valence-electron chi connectivity index (χ4n) is 3.59. The average Bonchev–Trinajstić information content (AvgIpc) is 3.08. The van der Waals surface area contributed by atoms with Crippen molar-refractivity contribution in [2.45, 2.75) is 25.3 Å². The Morgan fingerprint density at radius 1 is 1.38 bits per heavy atom. The molecule has 1 aromatic carbocycles. The molecule has 1 aliphatic carbocycles. The van der Waals surface area contributed by atoms with Crippen LogP contribution in [0, 0.1) is 5.92 Å². The van der Waals surface area contributed by atoms with Gasteiger partial charge in [0.15, 0.2) is 0 Å². The fourth-order valence-corrected chi connectivity index (χ4v) is 3.59. The van der Waals surface area contributed by atoms with E-state index in [2.05, 4.69) is 11.9 Å². The fraction of sp³-hybridized carbons (Fsp3) is 0.421. The highest BCUT2D eigenvalue weighted by atomic mass is 16.5. The number of amides is 2. The molecule has 0 spiro atoms. The van der Waals surface area contributed by atoms with Gasteiger partial charge in [0.25, 0.3) is 5.91 Å². The van der Waals surface area contributed by atoms with Crippen LogP contribution in [0.3, 0.4) is 0 Å². The zero-order chi connectivity index (χ0) is 18.7. The molecule has 1 saturated carbocycles. The Hall–Kier alpha value is -2.67. The molecule has 2 aliphatic rings. The largest absolute Gasteiger partial charge is 0.507 e. The van der Waals surface area contributed by atoms with Gasteiger partial charge in [-0.05, 0) is 37.1 Å². The molecule has 2 fully saturated rings. The highest BCUT2D eigenvalue weighted by molar-refractivity contribution is 6.02. The highest BCUT2D eigenvalue weighted by Gasteiger charge is 2.40. The summed E-state index contributed by atoms with van der Waals surface area (Å²) >= 11 is 0. The lowest BCUT2D eigenvalue weighted by molar-refractivity contribution is -0.124. The normalized spacial score (nSPS) is 22.9. The van der Waals surface area contributed by atoms with Crippen LogP contribution >= 0.6 is 0 Å². The van der Waals surface area contributed by atoms with Crippen LogP contribution in [0.25, 0.3) is 0 Å². The van der Waals surface area contributed by atoms with Crippen molar-refractivity contribution in [3.05, 3.63) is 36.4 Å². The number of rotatable bonds is 4. The standard InChI is InChI=1S/C19H22N2O5/c1-2-18(24)20-12-6-7-17(23)14(10-12)19(25)21-8-9-26-11-15(21)13-4-3-5-16(13)22/h2,6-7,10,13,15,23H,1,3-5,8-9,11H2,(H,20,24). The number of carbonyl (C=O) groups is 3. The van der Waals surface area contributed by atoms with E-state index in [1.807, 2.05) is 0 Å². The van der Waals surface area contributed by atoms with Crippen molar-refractivity contribution in [3.63, 3.8) is 0 Å². The van der Waals surface area contributed by atoms with Crippen LogP contribution in [0.2, 0.25) is 0 Å². The zero-order valence-corrected chi connectivity index (χ0v) is 14.4. The van der Waals surface area contributed by atoms with Gasteiger partial charge in [0, 0.05) is 24.6 Å². The number of morpholine rings is 1. The maximum Gasteiger partial charge on any atom is 0.258 e. The molecule has 2 atom stereocenters. The third-order valence-corrected chi connectivity index (χ3v) is 4.92. The number of ketones is 1. The van der Waals surface area contributed by atoms with E-state index in [9.17, 15) is 19.5 Å². The van der Waals surface area contributed by atoms with Crippen molar-refractivity contribution in [2.24, 2.45) is 5.92 Å². The zero-order valence-electron chi connectivity index (χ0n) is 14.4. The minimum atomic E-state index is -0.408. The van der Waals surface area contributed by atoms with Crippen molar-refractivity contribution < 1.29 is 24.2 Å². The SMILES string of the molecule is C=CC(=O)Nc1ccc(O)c(C(=O)N2CCOCC2C2CCCC2=O)c1. The number of carbonyl (C=O) groups excluding carboxylic acids is 3. The molecule has 2 N–H and O–H groups in total.